The molecule has 0 bridgehead atoms. The Morgan fingerprint density at radius 1 is 1.33 bits per heavy atom. The molecule has 1 heterocycles. The van der Waals surface area contributed by atoms with E-state index in [9.17, 15) is 12.8 Å². The second-order valence-electron chi connectivity index (χ2n) is 4.24. The van der Waals surface area contributed by atoms with E-state index in [0.717, 1.165) is 37.7 Å². The molecule has 0 aromatic heterocycles. The average molecular weight is 256 g/mol. The maximum atomic E-state index is 12.0. The summed E-state index contributed by atoms with van der Waals surface area (Å²) in [6.07, 6.45) is 6.54. The minimum Gasteiger partial charge on any atom is -0.233 e. The molecule has 0 spiro atoms. The van der Waals surface area contributed by atoms with Crippen molar-refractivity contribution < 1.29 is 12.8 Å². The van der Waals surface area contributed by atoms with E-state index < -0.39 is 24.1 Å². The van der Waals surface area contributed by atoms with Crippen molar-refractivity contribution in [1.29, 1.82) is 0 Å². The number of nitrogens with one attached hydrogen (secondary N) is 1. The molecule has 0 unspecified atom stereocenters. The van der Waals surface area contributed by atoms with E-state index >= 15 is 0 Å². The standard InChI is InChI=1S/C9H20FNO2PS/c1-2-5-14(6-3-4-7-14)9-15(12,13)11-8-10/h11H,2-9H2,1H3/q+1. The molecule has 3 nitrogen and oxygen atoms in total. The lowest BCUT2D eigenvalue weighted by Crippen LogP contribution is -2.28. The molecule has 0 atom stereocenters. The lowest BCUT2D eigenvalue weighted by molar-refractivity contribution is 0.470. The van der Waals surface area contributed by atoms with Gasteiger partial charge in [0.2, 0.25) is 10.0 Å². The van der Waals surface area contributed by atoms with E-state index in [4.69, 9.17) is 0 Å². The van der Waals surface area contributed by atoms with E-state index in [1.165, 1.54) is 0 Å². The Bertz CT molecular complexity index is 288. The monoisotopic (exact) mass is 256 g/mol. The van der Waals surface area contributed by atoms with Crippen LogP contribution in [0.5, 0.6) is 0 Å². The van der Waals surface area contributed by atoms with Crippen molar-refractivity contribution in [2.45, 2.75) is 26.2 Å². The smallest absolute Gasteiger partial charge is 0.233 e. The summed E-state index contributed by atoms with van der Waals surface area (Å²) in [4.78, 5) is 0. The Kier molecular flexibility index (Phi) is 4.94. The van der Waals surface area contributed by atoms with Crippen LogP contribution < -0.4 is 4.72 Å². The average Bonchev–Trinajstić information content (AvgIpc) is 2.52. The number of halogens is 1. The van der Waals surface area contributed by atoms with Crippen molar-refractivity contribution in [1.82, 2.24) is 4.72 Å². The van der Waals surface area contributed by atoms with E-state index in [1.807, 2.05) is 4.72 Å². The summed E-state index contributed by atoms with van der Waals surface area (Å²) in [5.74, 6) is 0. The van der Waals surface area contributed by atoms with Gasteiger partial charge in [-0.1, -0.05) is 6.92 Å². The van der Waals surface area contributed by atoms with Crippen molar-refractivity contribution in [2.24, 2.45) is 0 Å². The third-order valence-electron chi connectivity index (χ3n) is 2.93. The summed E-state index contributed by atoms with van der Waals surface area (Å²) in [6.45, 7) is 1.11. The van der Waals surface area contributed by atoms with Crippen LogP contribution in [0.4, 0.5) is 4.39 Å². The Labute approximate surface area is 92.2 Å². The minimum atomic E-state index is -3.37. The molecule has 15 heavy (non-hydrogen) atoms. The van der Waals surface area contributed by atoms with E-state index in [2.05, 4.69) is 6.92 Å². The summed E-state index contributed by atoms with van der Waals surface area (Å²) in [5, 5.41) is 0. The fraction of sp³-hybridized carbons (Fsp3) is 1.00. The quantitative estimate of drug-likeness (QED) is 0.583. The summed E-state index contributed by atoms with van der Waals surface area (Å²) in [5.41, 5.74) is 0.206. The summed E-state index contributed by atoms with van der Waals surface area (Å²) in [6, 6.07) is 0. The van der Waals surface area contributed by atoms with Gasteiger partial charge in [-0.05, 0) is 19.3 Å². The van der Waals surface area contributed by atoms with Gasteiger partial charge in [0.25, 0.3) is 0 Å². The van der Waals surface area contributed by atoms with Gasteiger partial charge in [0.05, 0.1) is 18.5 Å². The summed E-state index contributed by atoms with van der Waals surface area (Å²) in [7, 11) is -4.69. The maximum Gasteiger partial charge on any atom is 0.248 e. The second kappa shape index (κ2) is 5.55. The first kappa shape index (κ1) is 13.3. The molecule has 1 aliphatic heterocycles. The lowest BCUT2D eigenvalue weighted by atomic mass is 10.4. The van der Waals surface area contributed by atoms with E-state index in [1.54, 1.807) is 0 Å². The highest BCUT2D eigenvalue weighted by Crippen LogP contribution is 2.64. The fourth-order valence-electron chi connectivity index (χ4n) is 2.39. The molecule has 1 N–H and O–H groups in total. The molecule has 1 saturated heterocycles. The predicted molar refractivity (Wildman–Crippen MR) is 63.9 cm³/mol. The molecule has 1 aliphatic rings. The molecule has 90 valence electrons. The van der Waals surface area contributed by atoms with Crippen LogP contribution in [0.15, 0.2) is 0 Å². The van der Waals surface area contributed by atoms with Crippen LogP contribution in [0.3, 0.4) is 0 Å². The van der Waals surface area contributed by atoms with Crippen molar-refractivity contribution in [2.75, 3.05) is 30.8 Å². The van der Waals surface area contributed by atoms with Crippen LogP contribution >= 0.6 is 7.26 Å². The fourth-order valence-corrected chi connectivity index (χ4v) is 10.8. The van der Waals surface area contributed by atoms with Gasteiger partial charge in [0.15, 0.2) is 12.3 Å². The second-order valence-corrected chi connectivity index (χ2v) is 10.8. The van der Waals surface area contributed by atoms with Gasteiger partial charge in [-0.25, -0.2) is 12.8 Å². The summed E-state index contributed by atoms with van der Waals surface area (Å²) >= 11 is 0. The van der Waals surface area contributed by atoms with Crippen LogP contribution in [0.25, 0.3) is 0 Å². The van der Waals surface area contributed by atoms with Gasteiger partial charge in [-0.15, -0.1) is 0 Å². The third-order valence-corrected chi connectivity index (χ3v) is 11.0. The molecule has 0 aromatic carbocycles. The highest BCUT2D eigenvalue weighted by Gasteiger charge is 2.43. The van der Waals surface area contributed by atoms with Gasteiger partial charge >= 0.3 is 0 Å². The first-order chi connectivity index (χ1) is 7.04. The molecular weight excluding hydrogens is 236 g/mol. The molecule has 1 rings (SSSR count). The van der Waals surface area contributed by atoms with Crippen LogP contribution in [0.2, 0.25) is 0 Å². The Morgan fingerprint density at radius 3 is 2.40 bits per heavy atom. The first-order valence-electron chi connectivity index (χ1n) is 5.42. The number of rotatable bonds is 6. The molecule has 0 saturated carbocycles. The molecule has 0 aromatic rings. The zero-order valence-corrected chi connectivity index (χ0v) is 10.9. The van der Waals surface area contributed by atoms with Crippen LogP contribution in [0.1, 0.15) is 26.2 Å². The van der Waals surface area contributed by atoms with E-state index in [-0.39, 0.29) is 5.49 Å². The molecule has 1 fully saturated rings. The first-order valence-corrected chi connectivity index (χ1v) is 9.60. The number of hydrogen-bond acceptors (Lipinski definition) is 2. The Morgan fingerprint density at radius 2 is 1.93 bits per heavy atom. The number of alkyl halides is 1. The third kappa shape index (κ3) is 3.97. The van der Waals surface area contributed by atoms with Crippen LogP contribution in [-0.2, 0) is 10.0 Å². The van der Waals surface area contributed by atoms with Crippen molar-refractivity contribution in [3.8, 4) is 0 Å². The highest BCUT2D eigenvalue weighted by molar-refractivity contribution is 8.00. The SMILES string of the molecule is CCC[P+]1(CS(=O)(=O)NCF)CCCC1. The van der Waals surface area contributed by atoms with Crippen LogP contribution in [0, 0.1) is 0 Å². The zero-order valence-electron chi connectivity index (χ0n) is 9.21. The normalized spacial score (nSPS) is 20.7. The molecule has 0 radical (unpaired) electrons. The van der Waals surface area contributed by atoms with Crippen molar-refractivity contribution in [3.63, 3.8) is 0 Å². The lowest BCUT2D eigenvalue weighted by Gasteiger charge is -2.21. The predicted octanol–water partition coefficient (Wildman–Crippen LogP) is 2.01. The van der Waals surface area contributed by atoms with Gasteiger partial charge in [0.1, 0.15) is 0 Å². The van der Waals surface area contributed by atoms with Gasteiger partial charge < -0.3 is 0 Å². The molecule has 0 aliphatic carbocycles. The van der Waals surface area contributed by atoms with Gasteiger partial charge in [0, 0.05) is 7.26 Å². The van der Waals surface area contributed by atoms with Crippen LogP contribution in [-0.4, -0.2) is 39.2 Å². The van der Waals surface area contributed by atoms with Crippen molar-refractivity contribution >= 4 is 17.3 Å². The molecule has 6 heteroatoms. The largest absolute Gasteiger partial charge is 0.248 e. The minimum absolute atomic E-state index is 0.206. The number of sulfonamides is 1. The Hall–Kier alpha value is 0.270. The maximum absolute atomic E-state index is 12.0. The van der Waals surface area contributed by atoms with E-state index in [0.29, 0.717) is 0 Å². The number of hydrogen-bond donors (Lipinski definition) is 1. The molecule has 0 amide bonds. The summed E-state index contributed by atoms with van der Waals surface area (Å²) < 4.78 is 37.0. The van der Waals surface area contributed by atoms with Gasteiger partial charge in [-0.2, -0.15) is 4.72 Å². The Balaban J connectivity index is 2.66. The zero-order chi connectivity index (χ0) is 11.4. The topological polar surface area (TPSA) is 46.2 Å². The van der Waals surface area contributed by atoms with Gasteiger partial charge in [-0.3, -0.25) is 0 Å². The molecular formula is C9H20FNO2PS+. The van der Waals surface area contributed by atoms with Crippen molar-refractivity contribution in [3.05, 3.63) is 0 Å². The highest BCUT2D eigenvalue weighted by atomic mass is 32.2.